The van der Waals surface area contributed by atoms with Gasteiger partial charge in [-0.15, -0.1) is 0 Å². The highest BCUT2D eigenvalue weighted by atomic mass is 28.3. The summed E-state index contributed by atoms with van der Waals surface area (Å²) >= 11 is 0. The van der Waals surface area contributed by atoms with E-state index in [0.717, 1.165) is 12.8 Å². The number of allylic oxidation sites excluding steroid dienone is 2. The molecule has 2 aliphatic rings. The molecular formula is C50H40Si. The monoisotopic (exact) mass is 668 g/mol. The molecule has 0 nitrogen and oxygen atoms in total. The van der Waals surface area contributed by atoms with Crippen molar-refractivity contribution in [2.24, 2.45) is 0 Å². The smallest absolute Gasteiger partial charge is 0.0686 e. The highest BCUT2D eigenvalue weighted by molar-refractivity contribution is 7.09. The molecule has 0 aliphatic heterocycles. The van der Waals surface area contributed by atoms with Crippen molar-refractivity contribution in [3.63, 3.8) is 0 Å². The Morgan fingerprint density at radius 2 is 0.745 bits per heavy atom. The Hall–Kier alpha value is -5.50. The maximum absolute atomic E-state index is 2.63. The molecule has 0 saturated carbocycles. The van der Waals surface area contributed by atoms with Crippen molar-refractivity contribution in [1.82, 2.24) is 0 Å². The molecule has 0 fully saturated rings. The molecule has 8 aromatic carbocycles. The minimum atomic E-state index is -2.21. The second-order valence-corrected chi connectivity index (χ2v) is 19.7. The predicted molar refractivity (Wildman–Crippen MR) is 224 cm³/mol. The first-order valence-corrected chi connectivity index (χ1v) is 21.3. The zero-order chi connectivity index (χ0) is 34.4. The minimum absolute atomic E-state index is 1.03. The summed E-state index contributed by atoms with van der Waals surface area (Å²) < 4.78 is 0. The van der Waals surface area contributed by atoms with Crippen LogP contribution in [0.25, 0.3) is 75.7 Å². The lowest BCUT2D eigenvalue weighted by molar-refractivity contribution is 1.19. The van der Waals surface area contributed by atoms with Gasteiger partial charge in [-0.2, -0.15) is 0 Å². The molecule has 8 aromatic rings. The molecule has 0 heterocycles. The third-order valence-electron chi connectivity index (χ3n) is 11.8. The topological polar surface area (TPSA) is 0 Å². The van der Waals surface area contributed by atoms with Crippen molar-refractivity contribution >= 4 is 61.6 Å². The van der Waals surface area contributed by atoms with Crippen molar-refractivity contribution in [3.8, 4) is 22.3 Å². The quantitative estimate of drug-likeness (QED) is 0.129. The highest BCUT2D eigenvalue weighted by Gasteiger charge is 2.42. The molecule has 2 aliphatic carbocycles. The molecule has 0 atom stereocenters. The first-order valence-electron chi connectivity index (χ1n) is 18.3. The van der Waals surface area contributed by atoms with Crippen LogP contribution in [0.5, 0.6) is 0 Å². The molecule has 0 radical (unpaired) electrons. The number of hydrogen-bond acceptors (Lipinski definition) is 0. The van der Waals surface area contributed by atoms with Gasteiger partial charge in [0.2, 0.25) is 0 Å². The van der Waals surface area contributed by atoms with E-state index in [2.05, 4.69) is 173 Å². The van der Waals surface area contributed by atoms with Gasteiger partial charge in [-0.3, -0.25) is 0 Å². The third kappa shape index (κ3) is 4.72. The summed E-state index contributed by atoms with van der Waals surface area (Å²) in [6, 6.07) is 55.0. The average molecular weight is 669 g/mol. The molecular weight excluding hydrogens is 629 g/mol. The van der Waals surface area contributed by atoms with Gasteiger partial charge in [0.05, 0.1) is 0 Å². The second-order valence-electron chi connectivity index (χ2n) is 15.5. The van der Waals surface area contributed by atoms with Crippen LogP contribution < -0.4 is 0 Å². The Labute approximate surface area is 301 Å². The van der Waals surface area contributed by atoms with Crippen LogP contribution in [0.3, 0.4) is 0 Å². The van der Waals surface area contributed by atoms with E-state index in [9.17, 15) is 0 Å². The van der Waals surface area contributed by atoms with E-state index < -0.39 is 8.07 Å². The van der Waals surface area contributed by atoms with Gasteiger partial charge in [0.1, 0.15) is 8.07 Å². The Bertz CT molecular complexity index is 2650. The van der Waals surface area contributed by atoms with Crippen LogP contribution in [0.1, 0.15) is 36.1 Å². The minimum Gasteiger partial charge on any atom is -0.0686 e. The van der Waals surface area contributed by atoms with Crippen molar-refractivity contribution in [3.05, 3.63) is 179 Å². The summed E-state index contributed by atoms with van der Waals surface area (Å²) in [5, 5.41) is 13.6. The molecule has 0 saturated heterocycles. The summed E-state index contributed by atoms with van der Waals surface area (Å²) in [6.45, 7) is 10.1. The van der Waals surface area contributed by atoms with Gasteiger partial charge in [0, 0.05) is 0 Å². The Kier molecular flexibility index (Phi) is 6.69. The lowest BCUT2D eigenvalue weighted by Crippen LogP contribution is -2.31. The van der Waals surface area contributed by atoms with E-state index in [0.29, 0.717) is 0 Å². The largest absolute Gasteiger partial charge is 0.113 e. The molecule has 0 unspecified atom stereocenters. The predicted octanol–water partition coefficient (Wildman–Crippen LogP) is 13.8. The fourth-order valence-corrected chi connectivity index (χ4v) is 14.2. The Morgan fingerprint density at radius 1 is 0.373 bits per heavy atom. The molecule has 0 N–H and O–H groups in total. The first kappa shape index (κ1) is 30.3. The Balaban J connectivity index is 1.11. The molecule has 0 spiro atoms. The molecule has 1 heteroatoms. The van der Waals surface area contributed by atoms with E-state index in [-0.39, 0.29) is 0 Å². The highest BCUT2D eigenvalue weighted by Crippen LogP contribution is 2.52. The molecule has 0 aromatic heterocycles. The molecule has 0 amide bonds. The van der Waals surface area contributed by atoms with Gasteiger partial charge in [-0.25, -0.2) is 0 Å². The summed E-state index contributed by atoms with van der Waals surface area (Å²) in [6.07, 6.45) is 2.07. The SMILES string of the molecule is CC1=C([Si](C)(C)C2=C(C)Cc3cccc(-c4ccc5cc6ccccc6cc5c4)c32)c2c(cccc2-c2ccc3cc4ccccc4cc3c2)C1. The van der Waals surface area contributed by atoms with Crippen molar-refractivity contribution < 1.29 is 0 Å². The average Bonchev–Trinajstić information content (AvgIpc) is 3.68. The van der Waals surface area contributed by atoms with Crippen LogP contribution >= 0.6 is 0 Å². The fraction of sp³-hybridized carbons (Fsp3) is 0.120. The van der Waals surface area contributed by atoms with E-state index >= 15 is 0 Å². The van der Waals surface area contributed by atoms with Gasteiger partial charge < -0.3 is 0 Å². The van der Waals surface area contributed by atoms with Crippen molar-refractivity contribution in [1.29, 1.82) is 0 Å². The third-order valence-corrected chi connectivity index (χ3v) is 15.7. The lowest BCUT2D eigenvalue weighted by atomic mass is 9.94. The van der Waals surface area contributed by atoms with Crippen molar-refractivity contribution in [2.75, 3.05) is 0 Å². The number of benzene rings is 8. The van der Waals surface area contributed by atoms with Gasteiger partial charge in [0.15, 0.2) is 0 Å². The number of rotatable bonds is 4. The van der Waals surface area contributed by atoms with Crippen LogP contribution in [0.4, 0.5) is 0 Å². The summed E-state index contributed by atoms with van der Waals surface area (Å²) in [5.74, 6) is 0. The summed E-state index contributed by atoms with van der Waals surface area (Å²) in [4.78, 5) is 0. The van der Waals surface area contributed by atoms with Crippen LogP contribution in [0.2, 0.25) is 13.1 Å². The Morgan fingerprint density at radius 3 is 1.16 bits per heavy atom. The summed E-state index contributed by atoms with van der Waals surface area (Å²) in [5.41, 5.74) is 14.4. The first-order chi connectivity index (χ1) is 24.8. The van der Waals surface area contributed by atoms with E-state index in [1.807, 2.05) is 0 Å². The number of hydrogen-bond donors (Lipinski definition) is 0. The van der Waals surface area contributed by atoms with E-state index in [1.54, 1.807) is 21.5 Å². The molecule has 0 bridgehead atoms. The zero-order valence-electron chi connectivity index (χ0n) is 29.8. The van der Waals surface area contributed by atoms with Crippen LogP contribution in [-0.2, 0) is 12.8 Å². The van der Waals surface area contributed by atoms with Crippen molar-refractivity contribution in [2.45, 2.75) is 39.8 Å². The van der Waals surface area contributed by atoms with Gasteiger partial charge in [-0.05, 0) is 161 Å². The van der Waals surface area contributed by atoms with Gasteiger partial charge >= 0.3 is 0 Å². The van der Waals surface area contributed by atoms with E-state index in [4.69, 9.17) is 0 Å². The molecule has 10 rings (SSSR count). The van der Waals surface area contributed by atoms with Crippen LogP contribution in [-0.4, -0.2) is 8.07 Å². The van der Waals surface area contributed by atoms with Crippen LogP contribution in [0.15, 0.2) is 157 Å². The van der Waals surface area contributed by atoms with Crippen LogP contribution in [0, 0.1) is 0 Å². The molecule has 244 valence electrons. The fourth-order valence-electron chi connectivity index (χ4n) is 9.77. The second kappa shape index (κ2) is 11.3. The lowest BCUT2D eigenvalue weighted by Gasteiger charge is -2.32. The standard InChI is InChI=1S/C50H40Si/c1-31-23-41-15-9-17-45(39-21-19-37-25-33-11-5-7-13-35(33)27-43(37)29-39)47(41)49(31)51(3,4)50-32(2)24-42-16-10-18-46(48(42)50)40-22-20-38-26-34-12-6-8-14-36(34)28-44(38)30-40/h5-22,25-30H,23-24H2,1-4H3. The normalized spacial score (nSPS) is 14.4. The molecule has 51 heavy (non-hydrogen) atoms. The van der Waals surface area contributed by atoms with E-state index in [1.165, 1.54) is 87.6 Å². The van der Waals surface area contributed by atoms with Gasteiger partial charge in [-0.1, -0.05) is 133 Å². The maximum Gasteiger partial charge on any atom is 0.113 e. The summed E-state index contributed by atoms with van der Waals surface area (Å²) in [7, 11) is -2.21. The van der Waals surface area contributed by atoms with Gasteiger partial charge in [0.25, 0.3) is 0 Å². The maximum atomic E-state index is 2.63. The number of fused-ring (bicyclic) bond motifs is 6. The zero-order valence-corrected chi connectivity index (χ0v) is 30.8.